The Kier molecular flexibility index (Phi) is 5.71. The number of nitrogens with zero attached hydrogens (tertiary/aromatic N) is 3. The van der Waals surface area contributed by atoms with E-state index >= 15 is 0 Å². The number of unbranched alkanes of at least 4 members (excludes halogenated alkanes) is 1. The third kappa shape index (κ3) is 5.12. The Labute approximate surface area is 108 Å². The average molecular weight is 256 g/mol. The van der Waals surface area contributed by atoms with E-state index in [2.05, 4.69) is 17.2 Å². The van der Waals surface area contributed by atoms with Gasteiger partial charge in [-0.05, 0) is 20.3 Å². The van der Waals surface area contributed by atoms with Crippen molar-refractivity contribution in [2.45, 2.75) is 51.8 Å². The zero-order valence-electron chi connectivity index (χ0n) is 11.5. The summed E-state index contributed by atoms with van der Waals surface area (Å²) in [5.41, 5.74) is 6.11. The molecule has 18 heavy (non-hydrogen) atoms. The number of aliphatic hydroxyl groups excluding tert-OH is 1. The number of nitrogens with two attached hydrogens (primary N) is 1. The molecule has 0 amide bonds. The quantitative estimate of drug-likeness (QED) is 0.667. The van der Waals surface area contributed by atoms with Crippen LogP contribution in [-0.2, 0) is 16.8 Å². The van der Waals surface area contributed by atoms with Gasteiger partial charge in [-0.2, -0.15) is 0 Å². The van der Waals surface area contributed by atoms with Crippen molar-refractivity contribution in [1.29, 1.82) is 0 Å². The smallest absolute Gasteiger partial charge is 0.102 e. The molecule has 1 aromatic heterocycles. The molecule has 1 unspecified atom stereocenters. The first-order chi connectivity index (χ1) is 8.43. The van der Waals surface area contributed by atoms with Crippen molar-refractivity contribution in [3.05, 3.63) is 11.9 Å². The Balaban J connectivity index is 2.35. The molecule has 0 aromatic carbocycles. The van der Waals surface area contributed by atoms with E-state index in [0.717, 1.165) is 12.8 Å². The van der Waals surface area contributed by atoms with E-state index in [9.17, 15) is 5.11 Å². The van der Waals surface area contributed by atoms with Crippen LogP contribution >= 0.6 is 0 Å². The van der Waals surface area contributed by atoms with Crippen LogP contribution < -0.4 is 5.73 Å². The highest BCUT2D eigenvalue weighted by Crippen LogP contribution is 2.12. The van der Waals surface area contributed by atoms with Gasteiger partial charge < -0.3 is 15.6 Å². The molecule has 6 nitrogen and oxygen atoms in total. The molecule has 0 fully saturated rings. The van der Waals surface area contributed by atoms with Gasteiger partial charge in [0, 0.05) is 6.61 Å². The second-order valence-corrected chi connectivity index (χ2v) is 5.13. The minimum atomic E-state index is -0.572. The number of aromatic nitrogens is 3. The third-order valence-corrected chi connectivity index (χ3v) is 2.55. The standard InChI is InChI=1S/C12H24N4O2/c1-4-5-6-18-9-10(17)7-16-8-11(14-15-16)12(2,3)13/h8,10,17H,4-7,9,13H2,1-3H3. The first-order valence-electron chi connectivity index (χ1n) is 6.38. The van der Waals surface area contributed by atoms with E-state index < -0.39 is 11.6 Å². The van der Waals surface area contributed by atoms with Crippen molar-refractivity contribution in [1.82, 2.24) is 15.0 Å². The van der Waals surface area contributed by atoms with Crippen molar-refractivity contribution < 1.29 is 9.84 Å². The molecule has 0 aliphatic rings. The molecule has 1 atom stereocenters. The SMILES string of the molecule is CCCCOCC(O)Cn1cc(C(C)(C)N)nn1. The first-order valence-corrected chi connectivity index (χ1v) is 6.38. The predicted octanol–water partition coefficient (Wildman–Crippen LogP) is 0.650. The summed E-state index contributed by atoms with van der Waals surface area (Å²) in [5, 5.41) is 17.7. The number of hydrogen-bond donors (Lipinski definition) is 2. The van der Waals surface area contributed by atoms with Crippen LogP contribution in [0, 0.1) is 0 Å². The van der Waals surface area contributed by atoms with Gasteiger partial charge in [0.05, 0.1) is 31.0 Å². The Hall–Kier alpha value is -0.980. The van der Waals surface area contributed by atoms with Gasteiger partial charge in [0.15, 0.2) is 0 Å². The number of hydrogen-bond acceptors (Lipinski definition) is 5. The van der Waals surface area contributed by atoms with Crippen LogP contribution in [0.5, 0.6) is 0 Å². The average Bonchev–Trinajstić information content (AvgIpc) is 2.72. The summed E-state index contributed by atoms with van der Waals surface area (Å²) < 4.78 is 6.94. The van der Waals surface area contributed by atoms with Gasteiger partial charge in [0.2, 0.25) is 0 Å². The maximum absolute atomic E-state index is 9.77. The summed E-state index contributed by atoms with van der Waals surface area (Å²) in [6.45, 7) is 7.21. The molecule has 0 bridgehead atoms. The summed E-state index contributed by atoms with van der Waals surface area (Å²) in [6, 6.07) is 0. The second kappa shape index (κ2) is 6.82. The Morgan fingerprint density at radius 2 is 2.28 bits per heavy atom. The van der Waals surface area contributed by atoms with E-state index in [1.54, 1.807) is 10.9 Å². The lowest BCUT2D eigenvalue weighted by atomic mass is 10.0. The Morgan fingerprint density at radius 1 is 1.56 bits per heavy atom. The maximum atomic E-state index is 9.77. The fourth-order valence-electron chi connectivity index (χ4n) is 1.42. The lowest BCUT2D eigenvalue weighted by Gasteiger charge is -2.13. The van der Waals surface area contributed by atoms with E-state index in [0.29, 0.717) is 25.5 Å². The van der Waals surface area contributed by atoms with Gasteiger partial charge >= 0.3 is 0 Å². The highest BCUT2D eigenvalue weighted by Gasteiger charge is 2.18. The van der Waals surface area contributed by atoms with Crippen molar-refractivity contribution in [2.75, 3.05) is 13.2 Å². The first kappa shape index (κ1) is 15.1. The van der Waals surface area contributed by atoms with Crippen LogP contribution in [0.2, 0.25) is 0 Å². The van der Waals surface area contributed by atoms with E-state index in [1.165, 1.54) is 0 Å². The van der Waals surface area contributed by atoms with Gasteiger partial charge in [-0.3, -0.25) is 0 Å². The maximum Gasteiger partial charge on any atom is 0.102 e. The van der Waals surface area contributed by atoms with Crippen molar-refractivity contribution >= 4 is 0 Å². The van der Waals surface area contributed by atoms with Crippen LogP contribution in [-0.4, -0.2) is 39.4 Å². The Morgan fingerprint density at radius 3 is 2.83 bits per heavy atom. The minimum absolute atomic E-state index is 0.321. The highest BCUT2D eigenvalue weighted by molar-refractivity contribution is 5.05. The molecule has 0 saturated heterocycles. The molecule has 1 aromatic rings. The molecule has 0 saturated carbocycles. The molecule has 0 aliphatic carbocycles. The molecule has 0 radical (unpaired) electrons. The zero-order chi connectivity index (χ0) is 13.6. The molecular weight excluding hydrogens is 232 g/mol. The fraction of sp³-hybridized carbons (Fsp3) is 0.833. The van der Waals surface area contributed by atoms with Crippen LogP contribution in [0.1, 0.15) is 39.3 Å². The van der Waals surface area contributed by atoms with Crippen molar-refractivity contribution in [3.63, 3.8) is 0 Å². The zero-order valence-corrected chi connectivity index (χ0v) is 11.5. The summed E-state index contributed by atoms with van der Waals surface area (Å²) in [4.78, 5) is 0. The van der Waals surface area contributed by atoms with Crippen molar-refractivity contribution in [2.24, 2.45) is 5.73 Å². The lowest BCUT2D eigenvalue weighted by molar-refractivity contribution is 0.0251. The van der Waals surface area contributed by atoms with Crippen molar-refractivity contribution in [3.8, 4) is 0 Å². The van der Waals surface area contributed by atoms with Gasteiger partial charge in [0.1, 0.15) is 5.69 Å². The van der Waals surface area contributed by atoms with E-state index in [1.807, 2.05) is 13.8 Å². The normalized spacial score (nSPS) is 13.8. The number of ether oxygens (including phenoxy) is 1. The van der Waals surface area contributed by atoms with Gasteiger partial charge in [-0.1, -0.05) is 18.6 Å². The number of aliphatic hydroxyl groups is 1. The summed E-state index contributed by atoms with van der Waals surface area (Å²) in [6.07, 6.45) is 3.29. The fourth-order valence-corrected chi connectivity index (χ4v) is 1.42. The number of rotatable bonds is 8. The monoisotopic (exact) mass is 256 g/mol. The van der Waals surface area contributed by atoms with Crippen LogP contribution in [0.3, 0.4) is 0 Å². The topological polar surface area (TPSA) is 86.2 Å². The van der Waals surface area contributed by atoms with Gasteiger partial charge in [-0.15, -0.1) is 5.10 Å². The van der Waals surface area contributed by atoms with Gasteiger partial charge in [0.25, 0.3) is 0 Å². The van der Waals surface area contributed by atoms with Crippen LogP contribution in [0.4, 0.5) is 0 Å². The molecular formula is C12H24N4O2. The molecule has 1 heterocycles. The van der Waals surface area contributed by atoms with Crippen LogP contribution in [0.15, 0.2) is 6.20 Å². The molecule has 104 valence electrons. The third-order valence-electron chi connectivity index (χ3n) is 2.55. The molecule has 6 heteroatoms. The summed E-state index contributed by atoms with van der Waals surface area (Å²) >= 11 is 0. The Bertz CT molecular complexity index is 346. The predicted molar refractivity (Wildman–Crippen MR) is 69.0 cm³/mol. The highest BCUT2D eigenvalue weighted by atomic mass is 16.5. The van der Waals surface area contributed by atoms with E-state index in [4.69, 9.17) is 10.5 Å². The summed E-state index contributed by atoms with van der Waals surface area (Å²) in [5.74, 6) is 0. The molecule has 1 rings (SSSR count). The van der Waals surface area contributed by atoms with Crippen LogP contribution in [0.25, 0.3) is 0 Å². The van der Waals surface area contributed by atoms with E-state index in [-0.39, 0.29) is 0 Å². The lowest BCUT2D eigenvalue weighted by Crippen LogP contribution is -2.29. The summed E-state index contributed by atoms with van der Waals surface area (Å²) in [7, 11) is 0. The molecule has 0 aliphatic heterocycles. The minimum Gasteiger partial charge on any atom is -0.389 e. The molecule has 3 N–H and O–H groups in total. The second-order valence-electron chi connectivity index (χ2n) is 5.13. The largest absolute Gasteiger partial charge is 0.389 e. The molecule has 0 spiro atoms. The van der Waals surface area contributed by atoms with Gasteiger partial charge in [-0.25, -0.2) is 4.68 Å².